The quantitative estimate of drug-likeness (QED) is 0.108. The van der Waals surface area contributed by atoms with E-state index in [4.69, 9.17) is 13.9 Å². The molecule has 4 aliphatic carbocycles. The van der Waals surface area contributed by atoms with Crippen molar-refractivity contribution in [3.63, 3.8) is 0 Å². The van der Waals surface area contributed by atoms with E-state index in [0.717, 1.165) is 62.0 Å². The number of hydrogen-bond donors (Lipinski definition) is 6. The second kappa shape index (κ2) is 12.4. The lowest BCUT2D eigenvalue weighted by molar-refractivity contribution is -0.272. The Morgan fingerprint density at radius 2 is 1.65 bits per heavy atom. The average molecular weight is 717 g/mol. The highest BCUT2D eigenvalue weighted by atomic mass is 16.7. The molecule has 3 heterocycles. The summed E-state index contributed by atoms with van der Waals surface area (Å²) in [6.45, 7) is 10.7. The fourth-order valence-electron chi connectivity index (χ4n) is 11.7. The molecule has 52 heavy (non-hydrogen) atoms. The first-order valence-electron chi connectivity index (χ1n) is 19.1. The molecule has 2 saturated heterocycles. The molecule has 3 saturated carbocycles. The van der Waals surface area contributed by atoms with Gasteiger partial charge >= 0.3 is 0 Å². The highest BCUT2D eigenvalue weighted by Crippen LogP contribution is 2.70. The Morgan fingerprint density at radius 3 is 2.38 bits per heavy atom. The van der Waals surface area contributed by atoms with E-state index in [1.165, 1.54) is 44.6 Å². The molecule has 11 unspecified atom stereocenters. The predicted octanol–water partition coefficient (Wildman–Crippen LogP) is 7.70. The molecule has 1 spiro atoms. The van der Waals surface area contributed by atoms with Crippen LogP contribution >= 0.6 is 0 Å². The smallest absolute Gasteiger partial charge is 0.238 e. The number of phenolic OH excluding ortho intramolecular Hbond substituents is 4. The minimum absolute atomic E-state index is 0.0661. The van der Waals surface area contributed by atoms with Crippen molar-refractivity contribution in [1.29, 1.82) is 0 Å². The Morgan fingerprint density at radius 1 is 0.865 bits per heavy atom. The Balaban J connectivity index is 0.000000157. The SMILES string of the molecule is CC1CCC2(OC1)OC1CC3C4CCC5CC(O)CCC5(C)C4=CCC3(C)C1C2C.O=c1c(O)c(-c2ccc(O)c(O)c2)oc2cc(O)cc(O)c12. The van der Waals surface area contributed by atoms with Crippen LogP contribution in [0.1, 0.15) is 85.5 Å². The van der Waals surface area contributed by atoms with Crippen LogP contribution in [0, 0.1) is 46.3 Å². The summed E-state index contributed by atoms with van der Waals surface area (Å²) < 4.78 is 18.7. The van der Waals surface area contributed by atoms with Crippen molar-refractivity contribution in [3.8, 4) is 40.1 Å². The number of aliphatic hydroxyl groups is 1. The van der Waals surface area contributed by atoms with Gasteiger partial charge in [-0.15, -0.1) is 0 Å². The van der Waals surface area contributed by atoms with Gasteiger partial charge < -0.3 is 44.5 Å². The number of rotatable bonds is 1. The van der Waals surface area contributed by atoms with Gasteiger partial charge in [0.15, 0.2) is 23.0 Å². The number of fused-ring (bicyclic) bond motifs is 8. The predicted molar refractivity (Wildman–Crippen MR) is 194 cm³/mol. The number of aromatic hydroxyl groups is 5. The summed E-state index contributed by atoms with van der Waals surface area (Å²) in [7, 11) is 0. The lowest BCUT2D eigenvalue weighted by Gasteiger charge is -2.57. The molecule has 2 aromatic carbocycles. The van der Waals surface area contributed by atoms with E-state index in [1.807, 2.05) is 0 Å². The largest absolute Gasteiger partial charge is 0.508 e. The van der Waals surface area contributed by atoms with Crippen LogP contribution < -0.4 is 5.43 Å². The minimum atomic E-state index is -0.888. The molecule has 9 rings (SSSR count). The molecule has 1 aromatic heterocycles. The Kier molecular flexibility index (Phi) is 8.43. The number of ether oxygens (including phenoxy) is 2. The number of allylic oxidation sites excluding steroid dienone is 2. The standard InChI is InChI=1S/C27H42O3.C15H10O7/c1-16-7-12-27(29-15-16)17(2)24-23(30-27)14-22-20-6-5-18-13-19(28)8-10-25(18,3)21(20)9-11-26(22,24)4;16-7-4-10(19)12-11(5-7)22-15(14(21)13(12)20)6-1-2-8(17)9(18)3-6/h9,16-20,22-24,28H,5-8,10-15H2,1-4H3;1-5,16-19,21H. The molecule has 11 atom stereocenters. The van der Waals surface area contributed by atoms with Crippen LogP contribution in [-0.2, 0) is 9.47 Å². The van der Waals surface area contributed by atoms with Crippen LogP contribution in [0.25, 0.3) is 22.3 Å². The molecule has 5 fully saturated rings. The van der Waals surface area contributed by atoms with Gasteiger partial charge in [0.1, 0.15) is 22.5 Å². The van der Waals surface area contributed by atoms with Gasteiger partial charge in [0, 0.05) is 30.0 Å². The summed E-state index contributed by atoms with van der Waals surface area (Å²) in [5, 5.41) is 57.9. The fraction of sp³-hybridized carbons (Fsp3) is 0.595. The third kappa shape index (κ3) is 5.34. The zero-order valence-corrected chi connectivity index (χ0v) is 30.5. The molecule has 6 aliphatic rings. The van der Waals surface area contributed by atoms with Gasteiger partial charge in [0.05, 0.1) is 18.8 Å². The zero-order valence-electron chi connectivity index (χ0n) is 30.5. The van der Waals surface area contributed by atoms with Gasteiger partial charge in [-0.2, -0.15) is 0 Å². The molecule has 0 bridgehead atoms. The maximum atomic E-state index is 12.1. The topological polar surface area (TPSA) is 170 Å². The van der Waals surface area contributed by atoms with Crippen LogP contribution in [0.5, 0.6) is 28.7 Å². The summed E-state index contributed by atoms with van der Waals surface area (Å²) >= 11 is 0. The summed E-state index contributed by atoms with van der Waals surface area (Å²) in [6, 6.07) is 5.64. The van der Waals surface area contributed by atoms with E-state index in [2.05, 4.69) is 33.8 Å². The number of aliphatic hydroxyl groups excluding tert-OH is 1. The highest BCUT2D eigenvalue weighted by molar-refractivity contribution is 5.88. The summed E-state index contributed by atoms with van der Waals surface area (Å²) in [6.07, 6.45) is 13.6. The molecule has 0 amide bonds. The first-order chi connectivity index (χ1) is 24.6. The third-order valence-corrected chi connectivity index (χ3v) is 14.4. The first kappa shape index (κ1) is 35.3. The normalized spacial score (nSPS) is 39.1. The molecule has 0 radical (unpaired) electrons. The lowest BCUT2D eigenvalue weighted by atomic mass is 9.48. The molecular formula is C42H52O10. The number of hydrogen-bond acceptors (Lipinski definition) is 10. The van der Waals surface area contributed by atoms with E-state index in [0.29, 0.717) is 40.6 Å². The molecule has 10 nitrogen and oxygen atoms in total. The first-order valence-corrected chi connectivity index (χ1v) is 19.1. The highest BCUT2D eigenvalue weighted by Gasteiger charge is 2.67. The van der Waals surface area contributed by atoms with Gasteiger partial charge in [0.2, 0.25) is 11.2 Å². The van der Waals surface area contributed by atoms with E-state index >= 15 is 0 Å². The van der Waals surface area contributed by atoms with Crippen LogP contribution in [0.15, 0.2) is 51.2 Å². The van der Waals surface area contributed by atoms with Gasteiger partial charge in [-0.25, -0.2) is 0 Å². The van der Waals surface area contributed by atoms with E-state index < -0.39 is 22.7 Å². The molecule has 6 N–H and O–H groups in total. The minimum Gasteiger partial charge on any atom is -0.508 e. The second-order valence-corrected chi connectivity index (χ2v) is 17.3. The Hall–Kier alpha value is -3.73. The van der Waals surface area contributed by atoms with Crippen molar-refractivity contribution in [2.45, 2.75) is 103 Å². The second-order valence-electron chi connectivity index (χ2n) is 17.3. The van der Waals surface area contributed by atoms with Crippen molar-refractivity contribution in [2.24, 2.45) is 46.3 Å². The van der Waals surface area contributed by atoms with Crippen molar-refractivity contribution < 1.29 is 44.5 Å². The van der Waals surface area contributed by atoms with Gasteiger partial charge in [-0.3, -0.25) is 4.79 Å². The van der Waals surface area contributed by atoms with Crippen LogP contribution in [0.2, 0.25) is 0 Å². The molecular weight excluding hydrogens is 664 g/mol. The summed E-state index contributed by atoms with van der Waals surface area (Å²) in [4.78, 5) is 12.1. The van der Waals surface area contributed by atoms with E-state index in [-0.39, 0.29) is 45.7 Å². The lowest BCUT2D eigenvalue weighted by Crippen LogP contribution is -2.50. The van der Waals surface area contributed by atoms with E-state index in [9.17, 15) is 35.4 Å². The molecule has 3 aromatic rings. The molecule has 10 heteroatoms. The van der Waals surface area contributed by atoms with Gasteiger partial charge in [-0.1, -0.05) is 39.3 Å². The van der Waals surface area contributed by atoms with Crippen LogP contribution in [0.4, 0.5) is 0 Å². The summed E-state index contributed by atoms with van der Waals surface area (Å²) in [5.74, 6) is 0.968. The summed E-state index contributed by atoms with van der Waals surface area (Å²) in [5.41, 5.74) is 1.57. The van der Waals surface area contributed by atoms with Crippen molar-refractivity contribution in [3.05, 3.63) is 52.2 Å². The fourth-order valence-corrected chi connectivity index (χ4v) is 11.7. The van der Waals surface area contributed by atoms with Crippen LogP contribution in [0.3, 0.4) is 0 Å². The van der Waals surface area contributed by atoms with Crippen molar-refractivity contribution in [2.75, 3.05) is 6.61 Å². The molecule has 280 valence electrons. The number of phenols is 4. The van der Waals surface area contributed by atoms with Crippen molar-refractivity contribution in [1.82, 2.24) is 0 Å². The maximum absolute atomic E-state index is 12.1. The Bertz CT molecular complexity index is 1980. The number of benzene rings is 2. The third-order valence-electron chi connectivity index (χ3n) is 14.4. The van der Waals surface area contributed by atoms with E-state index in [1.54, 1.807) is 5.57 Å². The van der Waals surface area contributed by atoms with Gasteiger partial charge in [0.25, 0.3) is 0 Å². The average Bonchev–Trinajstić information content (AvgIpc) is 3.55. The van der Waals surface area contributed by atoms with Crippen molar-refractivity contribution >= 4 is 11.0 Å². The van der Waals surface area contributed by atoms with Crippen LogP contribution in [-0.4, -0.2) is 55.2 Å². The van der Waals surface area contributed by atoms with Gasteiger partial charge in [-0.05, 0) is 110 Å². The monoisotopic (exact) mass is 716 g/mol. The maximum Gasteiger partial charge on any atom is 0.238 e. The zero-order chi connectivity index (χ0) is 36.9. The molecule has 2 aliphatic heterocycles. The Labute approximate surface area is 303 Å².